The number of nitrogens with zero attached hydrogens (tertiary/aromatic N) is 2. The predicted octanol–water partition coefficient (Wildman–Crippen LogP) is 5.22. The van der Waals surface area contributed by atoms with E-state index in [2.05, 4.69) is 24.1 Å². The van der Waals surface area contributed by atoms with Crippen molar-refractivity contribution < 1.29 is 17.9 Å². The fourth-order valence-electron chi connectivity index (χ4n) is 5.92. The van der Waals surface area contributed by atoms with E-state index in [1.807, 2.05) is 73.7 Å². The molecule has 41 heavy (non-hydrogen) atoms. The molecule has 2 atom stereocenters. The summed E-state index contributed by atoms with van der Waals surface area (Å²) < 4.78 is 36.3. The van der Waals surface area contributed by atoms with Crippen molar-refractivity contribution in [1.82, 2.24) is 9.21 Å². The van der Waals surface area contributed by atoms with Crippen LogP contribution in [0.1, 0.15) is 49.3 Å². The van der Waals surface area contributed by atoms with Crippen molar-refractivity contribution in [3.63, 3.8) is 0 Å². The first-order valence-electron chi connectivity index (χ1n) is 14.5. The van der Waals surface area contributed by atoms with Crippen LogP contribution in [0.4, 0.5) is 5.69 Å². The van der Waals surface area contributed by atoms with E-state index in [-0.39, 0.29) is 25.0 Å². The zero-order valence-electron chi connectivity index (χ0n) is 24.3. The maximum absolute atomic E-state index is 14.0. The normalized spacial score (nSPS) is 22.2. The molecule has 0 aliphatic carbocycles. The Morgan fingerprint density at radius 3 is 2.39 bits per heavy atom. The smallest absolute Gasteiger partial charge is 0.243 e. The summed E-state index contributed by atoms with van der Waals surface area (Å²) in [5.74, 6) is 0.350. The Balaban J connectivity index is 1.32. The van der Waals surface area contributed by atoms with Crippen LogP contribution in [0.15, 0.2) is 83.8 Å². The lowest BCUT2D eigenvalue weighted by Gasteiger charge is -2.50. The third-order valence-electron chi connectivity index (χ3n) is 8.22. The molecule has 0 aromatic heterocycles. The number of benzene rings is 3. The van der Waals surface area contributed by atoms with Crippen molar-refractivity contribution in [3.8, 4) is 0 Å². The average molecular weight is 576 g/mol. The molecule has 2 saturated heterocycles. The molecule has 1 unspecified atom stereocenters. The summed E-state index contributed by atoms with van der Waals surface area (Å²) in [6.07, 6.45) is 2.15. The minimum absolute atomic E-state index is 0.0822. The number of hydrogen-bond acceptors (Lipinski definition) is 5. The van der Waals surface area contributed by atoms with Crippen molar-refractivity contribution in [3.05, 3.63) is 95.6 Å². The first kappa shape index (κ1) is 29.5. The summed E-state index contributed by atoms with van der Waals surface area (Å²) in [6.45, 7) is 8.31. The highest BCUT2D eigenvalue weighted by molar-refractivity contribution is 7.89. The lowest BCUT2D eigenvalue weighted by molar-refractivity contribution is -0.144. The van der Waals surface area contributed by atoms with E-state index in [9.17, 15) is 13.2 Å². The fourth-order valence-corrected chi connectivity index (χ4v) is 7.60. The molecule has 2 heterocycles. The largest absolute Gasteiger partial charge is 0.371 e. The molecule has 3 aromatic carbocycles. The SMILES string of the molecule is Cc1ccc(S(=O)(=O)N2CC3(CCCN(CC(=O)Nc4ccc(C(C)C)cc4)C3)OC[C@@H]2Cc2ccccc2)cc1. The molecule has 1 N–H and O–H groups in total. The monoisotopic (exact) mass is 575 g/mol. The van der Waals surface area contributed by atoms with Crippen LogP contribution in [-0.2, 0) is 26.0 Å². The molecule has 2 fully saturated rings. The van der Waals surface area contributed by atoms with Crippen LogP contribution in [0, 0.1) is 6.92 Å². The van der Waals surface area contributed by atoms with Gasteiger partial charge in [0.1, 0.15) is 0 Å². The van der Waals surface area contributed by atoms with Crippen molar-refractivity contribution in [2.75, 3.05) is 38.1 Å². The first-order chi connectivity index (χ1) is 19.6. The van der Waals surface area contributed by atoms with Crippen molar-refractivity contribution in [2.45, 2.75) is 62.5 Å². The van der Waals surface area contributed by atoms with Gasteiger partial charge in [-0.1, -0.05) is 74.0 Å². The van der Waals surface area contributed by atoms with Gasteiger partial charge in [-0.05, 0) is 74.0 Å². The standard InChI is InChI=1S/C33H41N3O4S/c1-25(2)28-12-14-29(15-13-28)34-32(37)21-35-19-7-18-33(23-35)24-36(41(38,39)31-16-10-26(3)11-17-31)30(22-40-33)20-27-8-5-4-6-9-27/h4-6,8-17,25,30H,7,18-24H2,1-3H3,(H,34,37)/t30-,33?/m0/s1. The molecule has 218 valence electrons. The topological polar surface area (TPSA) is 79.0 Å². The number of piperidine rings is 1. The Morgan fingerprint density at radius 2 is 1.71 bits per heavy atom. The molecule has 7 nitrogen and oxygen atoms in total. The summed E-state index contributed by atoms with van der Waals surface area (Å²) in [5, 5.41) is 3.01. The number of carbonyl (C=O) groups excluding carboxylic acids is 1. The van der Waals surface area contributed by atoms with Gasteiger partial charge in [0.2, 0.25) is 15.9 Å². The van der Waals surface area contributed by atoms with Gasteiger partial charge in [-0.3, -0.25) is 9.69 Å². The van der Waals surface area contributed by atoms with Crippen LogP contribution in [-0.4, -0.2) is 68.0 Å². The van der Waals surface area contributed by atoms with Crippen LogP contribution in [0.3, 0.4) is 0 Å². The molecule has 2 aliphatic rings. The molecule has 8 heteroatoms. The van der Waals surface area contributed by atoms with Gasteiger partial charge in [0.25, 0.3) is 0 Å². The Hall–Kier alpha value is -3.04. The van der Waals surface area contributed by atoms with Gasteiger partial charge in [0.15, 0.2) is 0 Å². The number of ether oxygens (including phenoxy) is 1. The highest BCUT2D eigenvalue weighted by Gasteiger charge is 2.47. The number of anilines is 1. The van der Waals surface area contributed by atoms with Gasteiger partial charge < -0.3 is 10.1 Å². The summed E-state index contributed by atoms with van der Waals surface area (Å²) in [4.78, 5) is 15.4. The third kappa shape index (κ3) is 7.07. The van der Waals surface area contributed by atoms with Crippen molar-refractivity contribution in [1.29, 1.82) is 0 Å². The lowest BCUT2D eigenvalue weighted by atomic mass is 9.90. The maximum atomic E-state index is 14.0. The molecular formula is C33H41N3O4S. The van der Waals surface area contributed by atoms with E-state index in [0.29, 0.717) is 30.4 Å². The van der Waals surface area contributed by atoms with Gasteiger partial charge in [-0.15, -0.1) is 0 Å². The van der Waals surface area contributed by atoms with Crippen LogP contribution >= 0.6 is 0 Å². The molecule has 3 aromatic rings. The number of rotatable bonds is 8. The average Bonchev–Trinajstić information content (AvgIpc) is 2.95. The van der Waals surface area contributed by atoms with Crippen LogP contribution in [0.5, 0.6) is 0 Å². The number of amides is 1. The number of nitrogens with one attached hydrogen (secondary N) is 1. The number of likely N-dealkylation sites (tertiary alicyclic amines) is 1. The highest BCUT2D eigenvalue weighted by Crippen LogP contribution is 2.35. The second-order valence-electron chi connectivity index (χ2n) is 11.8. The van der Waals surface area contributed by atoms with E-state index in [1.54, 1.807) is 16.4 Å². The quantitative estimate of drug-likeness (QED) is 0.398. The van der Waals surface area contributed by atoms with Gasteiger partial charge >= 0.3 is 0 Å². The Kier molecular flexibility index (Phi) is 8.94. The second kappa shape index (κ2) is 12.4. The van der Waals surface area contributed by atoms with E-state index < -0.39 is 15.6 Å². The van der Waals surface area contributed by atoms with E-state index >= 15 is 0 Å². The minimum atomic E-state index is -3.76. The number of aryl methyl sites for hydroxylation is 1. The molecule has 0 bridgehead atoms. The molecule has 5 rings (SSSR count). The van der Waals surface area contributed by atoms with Crippen LogP contribution < -0.4 is 5.32 Å². The van der Waals surface area contributed by atoms with Crippen LogP contribution in [0.25, 0.3) is 0 Å². The van der Waals surface area contributed by atoms with E-state index in [1.165, 1.54) is 5.56 Å². The van der Waals surface area contributed by atoms with Crippen LogP contribution in [0.2, 0.25) is 0 Å². The lowest BCUT2D eigenvalue weighted by Crippen LogP contribution is -2.64. The molecule has 1 amide bonds. The van der Waals surface area contributed by atoms with Gasteiger partial charge in [-0.2, -0.15) is 4.31 Å². The number of sulfonamides is 1. The number of morpholine rings is 1. The van der Waals surface area contributed by atoms with Gasteiger partial charge in [0, 0.05) is 18.8 Å². The van der Waals surface area contributed by atoms with Crippen molar-refractivity contribution >= 4 is 21.6 Å². The molecule has 2 aliphatic heterocycles. The zero-order chi connectivity index (χ0) is 29.0. The Morgan fingerprint density at radius 1 is 1.00 bits per heavy atom. The summed E-state index contributed by atoms with van der Waals surface area (Å²) in [7, 11) is -3.76. The van der Waals surface area contributed by atoms with Crippen molar-refractivity contribution in [2.24, 2.45) is 0 Å². The highest BCUT2D eigenvalue weighted by atomic mass is 32.2. The molecule has 1 spiro atoms. The molecule has 0 saturated carbocycles. The molecular weight excluding hydrogens is 534 g/mol. The minimum Gasteiger partial charge on any atom is -0.371 e. The Bertz CT molecular complexity index is 1430. The Labute approximate surface area is 244 Å². The summed E-state index contributed by atoms with van der Waals surface area (Å²) >= 11 is 0. The van der Waals surface area contributed by atoms with E-state index in [4.69, 9.17) is 4.74 Å². The first-order valence-corrected chi connectivity index (χ1v) is 16.0. The zero-order valence-corrected chi connectivity index (χ0v) is 25.1. The summed E-state index contributed by atoms with van der Waals surface area (Å²) in [6, 6.07) is 24.7. The predicted molar refractivity (Wildman–Crippen MR) is 163 cm³/mol. The molecule has 0 radical (unpaired) electrons. The van der Waals surface area contributed by atoms with Gasteiger partial charge in [-0.25, -0.2) is 8.42 Å². The maximum Gasteiger partial charge on any atom is 0.243 e. The fraction of sp³-hybridized carbons (Fsp3) is 0.424. The third-order valence-corrected chi connectivity index (χ3v) is 10.1. The number of hydrogen-bond donors (Lipinski definition) is 1. The summed E-state index contributed by atoms with van der Waals surface area (Å²) in [5.41, 5.74) is 3.43. The second-order valence-corrected chi connectivity index (χ2v) is 13.7. The number of carbonyl (C=O) groups is 1. The van der Waals surface area contributed by atoms with Gasteiger partial charge in [0.05, 0.1) is 29.7 Å². The van der Waals surface area contributed by atoms with E-state index in [0.717, 1.165) is 36.2 Å².